The number of hydrogen-bond donors (Lipinski definition) is 0. The van der Waals surface area contributed by atoms with Crippen LogP contribution in [0.4, 0.5) is 0 Å². The van der Waals surface area contributed by atoms with Gasteiger partial charge in [0.15, 0.2) is 0 Å². The van der Waals surface area contributed by atoms with E-state index in [-0.39, 0.29) is 5.91 Å². The highest BCUT2D eigenvalue weighted by Gasteiger charge is 2.37. The van der Waals surface area contributed by atoms with Crippen LogP contribution in [0, 0.1) is 5.92 Å². The van der Waals surface area contributed by atoms with Crippen LogP contribution >= 0.6 is 15.9 Å². The first-order valence-electron chi connectivity index (χ1n) is 7.35. The summed E-state index contributed by atoms with van der Waals surface area (Å²) >= 11 is 3.49. The molecule has 0 N–H and O–H groups in total. The molecule has 0 radical (unpaired) electrons. The lowest BCUT2D eigenvalue weighted by Crippen LogP contribution is -2.36. The fraction of sp³-hybridized carbons (Fsp3) is 0.667. The zero-order valence-corrected chi connectivity index (χ0v) is 13.0. The molecule has 0 bridgehead atoms. The first-order chi connectivity index (χ1) is 9.19. The van der Waals surface area contributed by atoms with Crippen LogP contribution in [0.25, 0.3) is 0 Å². The Kier molecular flexibility index (Phi) is 3.70. The highest BCUT2D eigenvalue weighted by molar-refractivity contribution is 9.10. The van der Waals surface area contributed by atoms with Gasteiger partial charge in [0.05, 0.1) is 0 Å². The van der Waals surface area contributed by atoms with Crippen molar-refractivity contribution in [2.24, 2.45) is 5.92 Å². The lowest BCUT2D eigenvalue weighted by molar-refractivity contribution is 0.0723. The molecule has 0 aliphatic heterocycles. The second-order valence-electron chi connectivity index (χ2n) is 5.87. The smallest absolute Gasteiger partial charge is 0.270 e. The zero-order chi connectivity index (χ0) is 13.4. The quantitative estimate of drug-likeness (QED) is 0.783. The molecule has 0 spiro atoms. The van der Waals surface area contributed by atoms with Crippen molar-refractivity contribution in [3.8, 4) is 0 Å². The highest BCUT2D eigenvalue weighted by atomic mass is 79.9. The molecule has 0 atom stereocenters. The molecule has 1 aromatic heterocycles. The predicted molar refractivity (Wildman–Crippen MR) is 79.2 cm³/mol. The van der Waals surface area contributed by atoms with Crippen molar-refractivity contribution < 1.29 is 4.79 Å². The van der Waals surface area contributed by atoms with Crippen LogP contribution in [0.2, 0.25) is 0 Å². The van der Waals surface area contributed by atoms with Crippen molar-refractivity contribution in [3.63, 3.8) is 0 Å². The maximum absolute atomic E-state index is 12.8. The van der Waals surface area contributed by atoms with E-state index in [9.17, 15) is 4.79 Å². The number of aryl methyl sites for hydroxylation is 1. The van der Waals surface area contributed by atoms with Gasteiger partial charge < -0.3 is 9.47 Å². The number of rotatable bonds is 6. The molecule has 4 heteroatoms. The molecule has 0 unspecified atom stereocenters. The van der Waals surface area contributed by atoms with Gasteiger partial charge in [-0.2, -0.15) is 0 Å². The summed E-state index contributed by atoms with van der Waals surface area (Å²) < 4.78 is 3.10. The van der Waals surface area contributed by atoms with E-state index in [1.54, 1.807) is 0 Å². The average Bonchev–Trinajstić information content (AvgIpc) is 3.25. The average molecular weight is 325 g/mol. The minimum absolute atomic E-state index is 0.230. The van der Waals surface area contributed by atoms with Crippen molar-refractivity contribution in [2.75, 3.05) is 6.54 Å². The van der Waals surface area contributed by atoms with E-state index in [0.29, 0.717) is 6.04 Å². The highest BCUT2D eigenvalue weighted by Crippen LogP contribution is 2.36. The monoisotopic (exact) mass is 324 g/mol. The molecular formula is C15H21BrN2O. The Labute approximate surface area is 123 Å². The number of nitrogens with zero attached hydrogens (tertiary/aromatic N) is 2. The normalized spacial score (nSPS) is 18.6. The molecule has 0 saturated heterocycles. The van der Waals surface area contributed by atoms with Crippen LogP contribution in [0.15, 0.2) is 16.7 Å². The molecule has 104 valence electrons. The molecule has 1 heterocycles. The van der Waals surface area contributed by atoms with Crippen LogP contribution in [0.1, 0.15) is 49.5 Å². The summed E-state index contributed by atoms with van der Waals surface area (Å²) in [6, 6.07) is 2.48. The Hall–Kier alpha value is -0.770. The summed E-state index contributed by atoms with van der Waals surface area (Å²) in [7, 11) is 0. The van der Waals surface area contributed by atoms with Crippen LogP contribution in [0.5, 0.6) is 0 Å². The minimum Gasteiger partial charge on any atom is -0.342 e. The second kappa shape index (κ2) is 5.31. The van der Waals surface area contributed by atoms with E-state index in [1.807, 2.05) is 12.3 Å². The van der Waals surface area contributed by atoms with Crippen LogP contribution in [-0.4, -0.2) is 28.0 Å². The number of amides is 1. The topological polar surface area (TPSA) is 25.2 Å². The summed E-state index contributed by atoms with van der Waals surface area (Å²) in [6.45, 7) is 4.03. The van der Waals surface area contributed by atoms with E-state index in [2.05, 4.69) is 32.3 Å². The molecule has 2 saturated carbocycles. The molecule has 3 rings (SSSR count). The molecule has 19 heavy (non-hydrogen) atoms. The van der Waals surface area contributed by atoms with Gasteiger partial charge in [0.1, 0.15) is 5.69 Å². The lowest BCUT2D eigenvalue weighted by Gasteiger charge is -2.23. The zero-order valence-electron chi connectivity index (χ0n) is 11.4. The Morgan fingerprint density at radius 3 is 2.74 bits per heavy atom. The second-order valence-corrected chi connectivity index (χ2v) is 6.78. The summed E-state index contributed by atoms with van der Waals surface area (Å²) in [5.74, 6) is 0.996. The molecule has 3 nitrogen and oxygen atoms in total. The number of carbonyl (C=O) groups is 1. The molecule has 0 aromatic carbocycles. The summed E-state index contributed by atoms with van der Waals surface area (Å²) in [6.07, 6.45) is 8.06. The first kappa shape index (κ1) is 13.2. The minimum atomic E-state index is 0.230. The summed E-state index contributed by atoms with van der Waals surface area (Å²) in [4.78, 5) is 14.9. The van der Waals surface area contributed by atoms with Gasteiger partial charge in [-0.25, -0.2) is 0 Å². The van der Waals surface area contributed by atoms with Gasteiger partial charge in [0.25, 0.3) is 5.91 Å². The van der Waals surface area contributed by atoms with Crippen molar-refractivity contribution >= 4 is 21.8 Å². The number of aromatic nitrogens is 1. The van der Waals surface area contributed by atoms with Gasteiger partial charge in [-0.3, -0.25) is 4.79 Å². The van der Waals surface area contributed by atoms with Gasteiger partial charge in [0, 0.05) is 29.8 Å². The van der Waals surface area contributed by atoms with Gasteiger partial charge >= 0.3 is 0 Å². The van der Waals surface area contributed by atoms with Crippen molar-refractivity contribution in [2.45, 2.75) is 51.6 Å². The fourth-order valence-corrected chi connectivity index (χ4v) is 3.05. The van der Waals surface area contributed by atoms with Gasteiger partial charge in [-0.05, 0) is 60.0 Å². The molecule has 2 aliphatic carbocycles. The fourth-order valence-electron chi connectivity index (χ4n) is 2.59. The van der Waals surface area contributed by atoms with Crippen LogP contribution in [0.3, 0.4) is 0 Å². The third-order valence-corrected chi connectivity index (χ3v) is 4.38. The van der Waals surface area contributed by atoms with Crippen LogP contribution < -0.4 is 0 Å². The third kappa shape index (κ3) is 3.04. The van der Waals surface area contributed by atoms with Crippen molar-refractivity contribution in [3.05, 3.63) is 22.4 Å². The summed E-state index contributed by atoms with van der Waals surface area (Å²) in [5.41, 5.74) is 0.848. The molecule has 1 aromatic rings. The Bertz CT molecular complexity index is 474. The standard InChI is InChI=1S/C15H21BrN2O/c1-2-7-17-10-12(16)8-14(17)15(19)18(13-5-6-13)9-11-3-4-11/h8,10-11,13H,2-7,9H2,1H3. The van der Waals surface area contributed by atoms with Crippen molar-refractivity contribution in [1.82, 2.24) is 9.47 Å². The first-order valence-corrected chi connectivity index (χ1v) is 8.15. The Morgan fingerprint density at radius 2 is 2.16 bits per heavy atom. The molecule has 1 amide bonds. The molecule has 2 fully saturated rings. The van der Waals surface area contributed by atoms with E-state index >= 15 is 0 Å². The van der Waals surface area contributed by atoms with Crippen LogP contribution in [-0.2, 0) is 6.54 Å². The predicted octanol–water partition coefficient (Wildman–Crippen LogP) is 3.68. The maximum Gasteiger partial charge on any atom is 0.270 e. The van der Waals surface area contributed by atoms with Gasteiger partial charge in [0.2, 0.25) is 0 Å². The summed E-state index contributed by atoms with van der Waals surface area (Å²) in [5, 5.41) is 0. The van der Waals surface area contributed by atoms with Gasteiger partial charge in [-0.1, -0.05) is 6.92 Å². The van der Waals surface area contributed by atoms with E-state index in [1.165, 1.54) is 25.7 Å². The largest absolute Gasteiger partial charge is 0.342 e. The Morgan fingerprint density at radius 1 is 1.42 bits per heavy atom. The Balaban J connectivity index is 1.79. The molecule has 2 aliphatic rings. The van der Waals surface area contributed by atoms with E-state index in [0.717, 1.165) is 35.6 Å². The molecular weight excluding hydrogens is 304 g/mol. The van der Waals surface area contributed by atoms with E-state index in [4.69, 9.17) is 0 Å². The van der Waals surface area contributed by atoms with Crippen molar-refractivity contribution in [1.29, 1.82) is 0 Å². The number of carbonyl (C=O) groups excluding carboxylic acids is 1. The number of hydrogen-bond acceptors (Lipinski definition) is 1. The lowest BCUT2D eigenvalue weighted by atomic mass is 10.3. The van der Waals surface area contributed by atoms with Gasteiger partial charge in [-0.15, -0.1) is 0 Å². The van der Waals surface area contributed by atoms with E-state index < -0.39 is 0 Å². The number of halogens is 1. The maximum atomic E-state index is 12.8. The SMILES string of the molecule is CCCn1cc(Br)cc1C(=O)N(CC1CC1)C1CC1. The third-order valence-electron chi connectivity index (χ3n) is 3.95.